The molecule has 0 spiro atoms. The van der Waals surface area contributed by atoms with E-state index in [1.807, 2.05) is 0 Å². The molecule has 0 N–H and O–H groups in total. The summed E-state index contributed by atoms with van der Waals surface area (Å²) in [7, 11) is 0. The van der Waals surface area contributed by atoms with Gasteiger partial charge in [0.25, 0.3) is 0 Å². The lowest BCUT2D eigenvalue weighted by Crippen LogP contribution is -2.63. The van der Waals surface area contributed by atoms with Crippen molar-refractivity contribution in [3.8, 4) is 0 Å². The fraction of sp³-hybridized carbons (Fsp3) is 0.710. The number of carbonyl (C=O) groups is 4. The van der Waals surface area contributed by atoms with Crippen molar-refractivity contribution in [3.63, 3.8) is 0 Å². The first-order chi connectivity index (χ1) is 19.0. The van der Waals surface area contributed by atoms with Crippen molar-refractivity contribution in [2.24, 2.45) is 26.7 Å². The van der Waals surface area contributed by atoms with Gasteiger partial charge in [-0.05, 0) is 95.2 Å². The minimum atomic E-state index is -1.36. The minimum absolute atomic E-state index is 0.353. The van der Waals surface area contributed by atoms with Gasteiger partial charge < -0.3 is 28.1 Å². The standard InChI is InChI=1S/C31H47NO10/c1-28(2,3)24(33)38-17-19-20(40-25(34)29(4,5)6)21(41-26(35)30(7,8)9)22(42-27(36)31(10,11)12)23(39-19)32-16-18-14-13-15-37-18/h13-16,19-23H,17H2,1-12H3/b32-16+/t19-,20-,21+,22-,23?/m1/s1. The third-order valence-corrected chi connectivity index (χ3v) is 6.06. The van der Waals surface area contributed by atoms with Crippen LogP contribution in [0.3, 0.4) is 0 Å². The lowest BCUT2D eigenvalue weighted by atomic mass is 9.92. The second-order valence-corrected chi connectivity index (χ2v) is 14.6. The SMILES string of the molecule is CC(C)(C)C(=O)OC[C@H]1OC(/N=C/c2ccco2)[C@H](OC(=O)C(C)(C)C)[C@@H](OC(=O)C(C)(C)C)[C@@H]1OC(=O)C(C)(C)C. The summed E-state index contributed by atoms with van der Waals surface area (Å²) in [6.07, 6.45) is -3.55. The van der Waals surface area contributed by atoms with Crippen LogP contribution in [-0.2, 0) is 42.9 Å². The zero-order chi connectivity index (χ0) is 32.3. The van der Waals surface area contributed by atoms with Crippen LogP contribution in [0.15, 0.2) is 27.8 Å². The number of ether oxygens (including phenoxy) is 5. The number of carbonyl (C=O) groups excluding carboxylic acids is 4. The van der Waals surface area contributed by atoms with Gasteiger partial charge in [-0.25, -0.2) is 0 Å². The molecule has 1 aliphatic rings. The zero-order valence-corrected chi connectivity index (χ0v) is 26.9. The summed E-state index contributed by atoms with van der Waals surface area (Å²) in [4.78, 5) is 56.8. The zero-order valence-electron chi connectivity index (χ0n) is 26.9. The molecular formula is C31H47NO10. The van der Waals surface area contributed by atoms with E-state index in [1.54, 1.807) is 95.2 Å². The number of rotatable bonds is 7. The van der Waals surface area contributed by atoms with Crippen molar-refractivity contribution in [3.05, 3.63) is 24.2 Å². The van der Waals surface area contributed by atoms with E-state index in [1.165, 1.54) is 12.5 Å². The predicted octanol–water partition coefficient (Wildman–Crippen LogP) is 4.89. The van der Waals surface area contributed by atoms with Crippen LogP contribution in [0.4, 0.5) is 0 Å². The Morgan fingerprint density at radius 3 is 1.60 bits per heavy atom. The van der Waals surface area contributed by atoms with Gasteiger partial charge >= 0.3 is 23.9 Å². The number of nitrogens with zero attached hydrogens (tertiary/aromatic N) is 1. The fourth-order valence-electron chi connectivity index (χ4n) is 3.34. The lowest BCUT2D eigenvalue weighted by molar-refractivity contribution is -0.258. The summed E-state index contributed by atoms with van der Waals surface area (Å²) in [6, 6.07) is 3.33. The van der Waals surface area contributed by atoms with E-state index in [4.69, 9.17) is 28.1 Å². The molecule has 1 unspecified atom stereocenters. The average Bonchev–Trinajstić information content (AvgIpc) is 3.35. The van der Waals surface area contributed by atoms with E-state index in [-0.39, 0.29) is 6.61 Å². The molecule has 0 saturated carbocycles. The van der Waals surface area contributed by atoms with E-state index >= 15 is 0 Å². The molecule has 0 aromatic carbocycles. The molecule has 5 atom stereocenters. The normalized spacial score (nSPS) is 23.8. The molecule has 42 heavy (non-hydrogen) atoms. The van der Waals surface area contributed by atoms with Crippen molar-refractivity contribution < 1.29 is 47.3 Å². The third-order valence-electron chi connectivity index (χ3n) is 6.06. The summed E-state index contributed by atoms with van der Waals surface area (Å²) >= 11 is 0. The van der Waals surface area contributed by atoms with E-state index in [2.05, 4.69) is 4.99 Å². The summed E-state index contributed by atoms with van der Waals surface area (Å²) in [5.74, 6) is -2.02. The van der Waals surface area contributed by atoms with Gasteiger partial charge in [0, 0.05) is 0 Å². The second kappa shape index (κ2) is 13.0. The summed E-state index contributed by atoms with van der Waals surface area (Å²) in [5.41, 5.74) is -3.68. The van der Waals surface area contributed by atoms with Crippen molar-refractivity contribution >= 4 is 30.1 Å². The maximum absolute atomic E-state index is 13.3. The summed E-state index contributed by atoms with van der Waals surface area (Å²) < 4.78 is 34.9. The molecule has 1 aromatic rings. The van der Waals surface area contributed by atoms with E-state index in [9.17, 15) is 19.2 Å². The van der Waals surface area contributed by atoms with E-state index in [0.29, 0.717) is 5.76 Å². The van der Waals surface area contributed by atoms with E-state index < -0.39 is 76.2 Å². The fourth-order valence-corrected chi connectivity index (χ4v) is 3.34. The van der Waals surface area contributed by atoms with Crippen LogP contribution in [0.5, 0.6) is 0 Å². The first kappa shape index (κ1) is 35.0. The molecule has 1 aromatic heterocycles. The first-order valence-electron chi connectivity index (χ1n) is 14.0. The Morgan fingerprint density at radius 2 is 1.17 bits per heavy atom. The van der Waals surface area contributed by atoms with Gasteiger partial charge in [-0.15, -0.1) is 0 Å². The molecule has 11 heteroatoms. The minimum Gasteiger partial charge on any atom is -0.463 e. The van der Waals surface area contributed by atoms with Crippen LogP contribution in [-0.4, -0.2) is 67.3 Å². The Morgan fingerprint density at radius 1 is 0.714 bits per heavy atom. The first-order valence-corrected chi connectivity index (χ1v) is 14.0. The highest BCUT2D eigenvalue weighted by atomic mass is 16.7. The van der Waals surface area contributed by atoms with Crippen molar-refractivity contribution in [2.75, 3.05) is 6.61 Å². The number of hydrogen-bond acceptors (Lipinski definition) is 11. The topological polar surface area (TPSA) is 140 Å². The van der Waals surface area contributed by atoms with Crippen LogP contribution < -0.4 is 0 Å². The molecule has 0 radical (unpaired) electrons. The van der Waals surface area contributed by atoms with Gasteiger partial charge in [0.2, 0.25) is 0 Å². The number of hydrogen-bond donors (Lipinski definition) is 0. The molecule has 2 rings (SSSR count). The second-order valence-electron chi connectivity index (χ2n) is 14.6. The van der Waals surface area contributed by atoms with Crippen LogP contribution in [0.1, 0.15) is 88.8 Å². The monoisotopic (exact) mass is 593 g/mol. The highest BCUT2D eigenvalue weighted by Gasteiger charge is 2.54. The molecule has 236 valence electrons. The van der Waals surface area contributed by atoms with Crippen LogP contribution in [0, 0.1) is 21.7 Å². The molecule has 2 heterocycles. The van der Waals surface area contributed by atoms with Gasteiger partial charge in [0.05, 0.1) is 34.1 Å². The van der Waals surface area contributed by atoms with E-state index in [0.717, 1.165) is 0 Å². The Labute approximate surface area is 248 Å². The van der Waals surface area contributed by atoms with Gasteiger partial charge in [0.15, 0.2) is 24.5 Å². The number of aliphatic imine (C=N–C) groups is 1. The maximum atomic E-state index is 13.3. The Hall–Kier alpha value is -3.21. The van der Waals surface area contributed by atoms with Crippen LogP contribution >= 0.6 is 0 Å². The Kier molecular flexibility index (Phi) is 10.8. The largest absolute Gasteiger partial charge is 0.463 e. The molecule has 0 aliphatic carbocycles. The average molecular weight is 594 g/mol. The third kappa shape index (κ3) is 9.68. The van der Waals surface area contributed by atoms with Crippen LogP contribution in [0.25, 0.3) is 0 Å². The molecular weight excluding hydrogens is 546 g/mol. The lowest BCUT2D eigenvalue weighted by Gasteiger charge is -2.45. The number of furan rings is 1. The van der Waals surface area contributed by atoms with Gasteiger partial charge in [-0.1, -0.05) is 0 Å². The smallest absolute Gasteiger partial charge is 0.311 e. The Bertz CT molecular complexity index is 1130. The van der Waals surface area contributed by atoms with Crippen molar-refractivity contribution in [2.45, 2.75) is 114 Å². The quantitative estimate of drug-likeness (QED) is 0.244. The molecule has 1 saturated heterocycles. The molecule has 0 amide bonds. The highest BCUT2D eigenvalue weighted by Crippen LogP contribution is 2.34. The molecule has 1 fully saturated rings. The molecule has 0 bridgehead atoms. The molecule has 1 aliphatic heterocycles. The number of esters is 4. The maximum Gasteiger partial charge on any atom is 0.311 e. The van der Waals surface area contributed by atoms with Gasteiger partial charge in [-0.3, -0.25) is 24.2 Å². The predicted molar refractivity (Wildman–Crippen MR) is 153 cm³/mol. The van der Waals surface area contributed by atoms with Gasteiger partial charge in [0.1, 0.15) is 18.5 Å². The molecule has 11 nitrogen and oxygen atoms in total. The van der Waals surface area contributed by atoms with Crippen molar-refractivity contribution in [1.82, 2.24) is 0 Å². The summed E-state index contributed by atoms with van der Waals surface area (Å²) in [5, 5.41) is 0. The highest BCUT2D eigenvalue weighted by molar-refractivity contribution is 5.78. The summed E-state index contributed by atoms with van der Waals surface area (Å²) in [6.45, 7) is 19.7. The van der Waals surface area contributed by atoms with Gasteiger partial charge in [-0.2, -0.15) is 0 Å². The van der Waals surface area contributed by atoms with Crippen molar-refractivity contribution in [1.29, 1.82) is 0 Å². The Balaban J connectivity index is 2.68. The van der Waals surface area contributed by atoms with Crippen LogP contribution in [0.2, 0.25) is 0 Å².